The summed E-state index contributed by atoms with van der Waals surface area (Å²) >= 11 is 0. The Morgan fingerprint density at radius 3 is 2.62 bits per heavy atom. The number of pyridine rings is 1. The standard InChI is InChI=1S/C17H18N4/c1-3-12(2)19-16-13-8-4-5-9-14(13)20-17(21-16)15-10-6-7-11-18-15/h4-12H,3H2,1-2H3,(H,19,20,21)/t12-/m0/s1. The molecule has 0 fully saturated rings. The number of aromatic nitrogens is 3. The lowest BCUT2D eigenvalue weighted by atomic mass is 10.2. The minimum Gasteiger partial charge on any atom is -0.367 e. The van der Waals surface area contributed by atoms with E-state index >= 15 is 0 Å². The molecule has 4 nitrogen and oxygen atoms in total. The molecule has 2 aromatic heterocycles. The van der Waals surface area contributed by atoms with Gasteiger partial charge in [0.2, 0.25) is 0 Å². The van der Waals surface area contributed by atoms with Crippen LogP contribution in [0.25, 0.3) is 22.4 Å². The van der Waals surface area contributed by atoms with Crippen molar-refractivity contribution in [2.75, 3.05) is 5.32 Å². The molecule has 3 aromatic rings. The van der Waals surface area contributed by atoms with Crippen LogP contribution in [-0.4, -0.2) is 21.0 Å². The quantitative estimate of drug-likeness (QED) is 0.786. The van der Waals surface area contributed by atoms with Crippen LogP contribution in [0.2, 0.25) is 0 Å². The van der Waals surface area contributed by atoms with Crippen molar-refractivity contribution in [3.8, 4) is 11.5 Å². The van der Waals surface area contributed by atoms with Gasteiger partial charge in [0.25, 0.3) is 0 Å². The lowest BCUT2D eigenvalue weighted by Crippen LogP contribution is -2.15. The Labute approximate surface area is 124 Å². The van der Waals surface area contributed by atoms with Gasteiger partial charge in [0.05, 0.1) is 5.52 Å². The second-order valence-corrected chi connectivity index (χ2v) is 5.08. The van der Waals surface area contributed by atoms with Crippen molar-refractivity contribution >= 4 is 16.7 Å². The first-order valence-corrected chi connectivity index (χ1v) is 7.22. The second kappa shape index (κ2) is 5.87. The third kappa shape index (κ3) is 2.84. The molecule has 0 aliphatic rings. The van der Waals surface area contributed by atoms with Crippen molar-refractivity contribution in [1.29, 1.82) is 0 Å². The Hall–Kier alpha value is -2.49. The topological polar surface area (TPSA) is 50.7 Å². The van der Waals surface area contributed by atoms with E-state index < -0.39 is 0 Å². The number of nitrogens with zero attached hydrogens (tertiary/aromatic N) is 3. The highest BCUT2D eigenvalue weighted by Gasteiger charge is 2.11. The molecule has 0 saturated carbocycles. The SMILES string of the molecule is CC[C@H](C)Nc1nc(-c2ccccn2)nc2ccccc12. The maximum Gasteiger partial charge on any atom is 0.180 e. The fourth-order valence-corrected chi connectivity index (χ4v) is 2.13. The zero-order valence-corrected chi connectivity index (χ0v) is 12.2. The molecule has 0 spiro atoms. The molecule has 1 aromatic carbocycles. The van der Waals surface area contributed by atoms with E-state index in [2.05, 4.69) is 34.1 Å². The minimum absolute atomic E-state index is 0.361. The maximum atomic E-state index is 4.67. The highest BCUT2D eigenvalue weighted by molar-refractivity contribution is 5.90. The van der Waals surface area contributed by atoms with Crippen LogP contribution in [0.5, 0.6) is 0 Å². The Balaban J connectivity index is 2.15. The summed E-state index contributed by atoms with van der Waals surface area (Å²) in [5.74, 6) is 1.52. The number of hydrogen-bond donors (Lipinski definition) is 1. The van der Waals surface area contributed by atoms with E-state index in [9.17, 15) is 0 Å². The van der Waals surface area contributed by atoms with Crippen LogP contribution >= 0.6 is 0 Å². The third-order valence-electron chi connectivity index (χ3n) is 3.49. The van der Waals surface area contributed by atoms with Crippen LogP contribution in [0.15, 0.2) is 48.7 Å². The molecule has 0 aliphatic heterocycles. The first-order chi connectivity index (χ1) is 10.3. The highest BCUT2D eigenvalue weighted by Crippen LogP contribution is 2.24. The lowest BCUT2D eigenvalue weighted by molar-refractivity contribution is 0.760. The summed E-state index contributed by atoms with van der Waals surface area (Å²) in [5.41, 5.74) is 1.72. The van der Waals surface area contributed by atoms with Gasteiger partial charge in [-0.3, -0.25) is 4.98 Å². The number of anilines is 1. The lowest BCUT2D eigenvalue weighted by Gasteiger charge is -2.15. The largest absolute Gasteiger partial charge is 0.367 e. The molecule has 21 heavy (non-hydrogen) atoms. The number of hydrogen-bond acceptors (Lipinski definition) is 4. The average molecular weight is 278 g/mol. The minimum atomic E-state index is 0.361. The van der Waals surface area contributed by atoms with Crippen molar-refractivity contribution in [2.24, 2.45) is 0 Å². The van der Waals surface area contributed by atoms with Gasteiger partial charge in [-0.2, -0.15) is 0 Å². The second-order valence-electron chi connectivity index (χ2n) is 5.08. The van der Waals surface area contributed by atoms with Crippen LogP contribution in [0.3, 0.4) is 0 Å². The Bertz CT molecular complexity index is 740. The molecule has 0 radical (unpaired) electrons. The van der Waals surface area contributed by atoms with Crippen LogP contribution < -0.4 is 5.32 Å². The average Bonchev–Trinajstić information content (AvgIpc) is 2.55. The predicted molar refractivity (Wildman–Crippen MR) is 86.1 cm³/mol. The van der Waals surface area contributed by atoms with E-state index in [-0.39, 0.29) is 0 Å². The number of benzene rings is 1. The third-order valence-corrected chi connectivity index (χ3v) is 3.49. The number of fused-ring (bicyclic) bond motifs is 1. The smallest absolute Gasteiger partial charge is 0.180 e. The molecular formula is C17H18N4. The fourth-order valence-electron chi connectivity index (χ4n) is 2.13. The van der Waals surface area contributed by atoms with E-state index in [0.29, 0.717) is 11.9 Å². The number of para-hydroxylation sites is 1. The molecule has 4 heteroatoms. The van der Waals surface area contributed by atoms with Gasteiger partial charge in [0.15, 0.2) is 5.82 Å². The molecule has 0 aliphatic carbocycles. The van der Waals surface area contributed by atoms with Gasteiger partial charge in [0, 0.05) is 17.6 Å². The molecule has 0 bridgehead atoms. The molecular weight excluding hydrogens is 260 g/mol. The molecule has 3 rings (SSSR count). The molecule has 0 unspecified atom stereocenters. The van der Waals surface area contributed by atoms with Crippen LogP contribution in [-0.2, 0) is 0 Å². The fraction of sp³-hybridized carbons (Fsp3) is 0.235. The van der Waals surface area contributed by atoms with Gasteiger partial charge in [-0.05, 0) is 37.6 Å². The summed E-state index contributed by atoms with van der Waals surface area (Å²) in [6.07, 6.45) is 2.80. The van der Waals surface area contributed by atoms with Gasteiger partial charge in [-0.15, -0.1) is 0 Å². The van der Waals surface area contributed by atoms with E-state index in [4.69, 9.17) is 0 Å². The van der Waals surface area contributed by atoms with Gasteiger partial charge in [0.1, 0.15) is 11.5 Å². The maximum absolute atomic E-state index is 4.67. The Kier molecular flexibility index (Phi) is 3.77. The molecule has 0 amide bonds. The summed E-state index contributed by atoms with van der Waals surface area (Å²) in [5, 5.41) is 4.51. The number of nitrogens with one attached hydrogen (secondary N) is 1. The van der Waals surface area contributed by atoms with Gasteiger partial charge in [-0.1, -0.05) is 25.1 Å². The van der Waals surface area contributed by atoms with Gasteiger partial charge < -0.3 is 5.32 Å². The summed E-state index contributed by atoms with van der Waals surface area (Å²) in [6.45, 7) is 4.30. The molecule has 106 valence electrons. The van der Waals surface area contributed by atoms with Crippen molar-refractivity contribution in [3.05, 3.63) is 48.7 Å². The summed E-state index contributed by atoms with van der Waals surface area (Å²) in [6, 6.07) is 14.2. The van der Waals surface area contributed by atoms with E-state index in [1.54, 1.807) is 6.20 Å². The monoisotopic (exact) mass is 278 g/mol. The van der Waals surface area contributed by atoms with Crippen LogP contribution in [0, 0.1) is 0 Å². The van der Waals surface area contributed by atoms with Crippen LogP contribution in [0.4, 0.5) is 5.82 Å². The molecule has 2 heterocycles. The zero-order valence-electron chi connectivity index (χ0n) is 12.2. The molecule has 0 saturated heterocycles. The van der Waals surface area contributed by atoms with Crippen LogP contribution in [0.1, 0.15) is 20.3 Å². The van der Waals surface area contributed by atoms with Crippen molar-refractivity contribution in [2.45, 2.75) is 26.3 Å². The van der Waals surface area contributed by atoms with Crippen molar-refractivity contribution < 1.29 is 0 Å². The zero-order chi connectivity index (χ0) is 14.7. The Morgan fingerprint density at radius 2 is 1.86 bits per heavy atom. The van der Waals surface area contributed by atoms with E-state index in [1.165, 1.54) is 0 Å². The normalized spacial score (nSPS) is 12.3. The Morgan fingerprint density at radius 1 is 1.05 bits per heavy atom. The first-order valence-electron chi connectivity index (χ1n) is 7.22. The summed E-state index contributed by atoms with van der Waals surface area (Å²) < 4.78 is 0. The van der Waals surface area contributed by atoms with Gasteiger partial charge >= 0.3 is 0 Å². The number of rotatable bonds is 4. The van der Waals surface area contributed by atoms with E-state index in [1.807, 2.05) is 42.5 Å². The molecule has 1 atom stereocenters. The highest BCUT2D eigenvalue weighted by atomic mass is 15.1. The predicted octanol–water partition coefficient (Wildman–Crippen LogP) is 3.90. The van der Waals surface area contributed by atoms with E-state index in [0.717, 1.165) is 28.8 Å². The van der Waals surface area contributed by atoms with Crippen molar-refractivity contribution in [1.82, 2.24) is 15.0 Å². The van der Waals surface area contributed by atoms with Gasteiger partial charge in [-0.25, -0.2) is 9.97 Å². The van der Waals surface area contributed by atoms with Crippen molar-refractivity contribution in [3.63, 3.8) is 0 Å². The first kappa shape index (κ1) is 13.5. The molecule has 1 N–H and O–H groups in total. The summed E-state index contributed by atoms with van der Waals surface area (Å²) in [4.78, 5) is 13.6. The summed E-state index contributed by atoms with van der Waals surface area (Å²) in [7, 11) is 0.